The van der Waals surface area contributed by atoms with Crippen molar-refractivity contribution in [2.75, 3.05) is 0 Å². The van der Waals surface area contributed by atoms with Gasteiger partial charge in [0, 0.05) is 5.30 Å². The Morgan fingerprint density at radius 3 is 2.00 bits per heavy atom. The van der Waals surface area contributed by atoms with Gasteiger partial charge in [0.1, 0.15) is 11.6 Å². The first-order chi connectivity index (χ1) is 11.9. The van der Waals surface area contributed by atoms with Crippen LogP contribution in [0.4, 0.5) is 17.6 Å². The third-order valence-electron chi connectivity index (χ3n) is 5.30. The highest BCUT2D eigenvalue weighted by molar-refractivity contribution is 7.27. The summed E-state index contributed by atoms with van der Waals surface area (Å²) in [5, 5.41) is -0.0595. The average molecular weight is 368 g/mol. The summed E-state index contributed by atoms with van der Waals surface area (Å²) >= 11 is 0. The smallest absolute Gasteiger partial charge is 0.165 e. The van der Waals surface area contributed by atoms with Crippen LogP contribution in [0.2, 0.25) is 0 Å². The number of hydrogen-bond donors (Lipinski definition) is 0. The minimum atomic E-state index is -1.12. The van der Waals surface area contributed by atoms with Crippen molar-refractivity contribution in [1.29, 1.82) is 0 Å². The Bertz CT molecular complexity index is 733. The van der Waals surface area contributed by atoms with Gasteiger partial charge in [0.05, 0.1) is 5.56 Å². The Kier molecular flexibility index (Phi) is 5.48. The Labute approximate surface area is 147 Å². The van der Waals surface area contributed by atoms with Gasteiger partial charge in [0.25, 0.3) is 0 Å². The maximum absolute atomic E-state index is 14.6. The van der Waals surface area contributed by atoms with E-state index in [1.165, 1.54) is 18.2 Å². The molecule has 0 aromatic heterocycles. The summed E-state index contributed by atoms with van der Waals surface area (Å²) in [5.41, 5.74) is 0.343. The molecule has 134 valence electrons. The highest BCUT2D eigenvalue weighted by Gasteiger charge is 2.24. The number of rotatable bonds is 3. The second-order valence-corrected chi connectivity index (χ2v) is 7.47. The highest BCUT2D eigenvalue weighted by atomic mass is 31.0. The third kappa shape index (κ3) is 3.74. The van der Waals surface area contributed by atoms with Crippen LogP contribution in [0.1, 0.15) is 50.5 Å². The van der Waals surface area contributed by atoms with Crippen LogP contribution in [-0.4, -0.2) is 0 Å². The van der Waals surface area contributed by atoms with Crippen LogP contribution in [0.3, 0.4) is 0 Å². The van der Waals surface area contributed by atoms with E-state index in [0.29, 0.717) is 11.5 Å². The quantitative estimate of drug-likeness (QED) is 0.454. The van der Waals surface area contributed by atoms with Gasteiger partial charge in [-0.2, -0.15) is 0 Å². The van der Waals surface area contributed by atoms with E-state index in [1.807, 2.05) is 9.24 Å². The van der Waals surface area contributed by atoms with Crippen LogP contribution in [-0.2, 0) is 0 Å². The number of halogens is 4. The van der Waals surface area contributed by atoms with Crippen molar-refractivity contribution in [2.45, 2.75) is 44.9 Å². The van der Waals surface area contributed by atoms with Crippen molar-refractivity contribution in [3.05, 3.63) is 53.1 Å². The molecule has 1 saturated carbocycles. The van der Waals surface area contributed by atoms with Crippen LogP contribution in [0.5, 0.6) is 0 Å². The molecule has 25 heavy (non-hydrogen) atoms. The molecule has 0 spiro atoms. The summed E-state index contributed by atoms with van der Waals surface area (Å²) in [6.07, 6.45) is 5.15. The molecule has 0 heterocycles. The van der Waals surface area contributed by atoms with Gasteiger partial charge in [-0.05, 0) is 72.9 Å². The van der Waals surface area contributed by atoms with E-state index in [0.717, 1.165) is 38.2 Å². The lowest BCUT2D eigenvalue weighted by Gasteiger charge is -2.28. The molecule has 2 aromatic carbocycles. The normalized spacial score (nSPS) is 20.7. The van der Waals surface area contributed by atoms with E-state index in [-0.39, 0.29) is 22.3 Å². The molecule has 1 unspecified atom stereocenters. The maximum atomic E-state index is 14.6. The fourth-order valence-electron chi connectivity index (χ4n) is 3.76. The van der Waals surface area contributed by atoms with Gasteiger partial charge in [-0.1, -0.05) is 13.3 Å². The predicted molar refractivity (Wildman–Crippen MR) is 96.0 cm³/mol. The summed E-state index contributed by atoms with van der Waals surface area (Å²) in [4.78, 5) is 0. The number of benzene rings is 2. The van der Waals surface area contributed by atoms with Gasteiger partial charge in [-0.15, -0.1) is 9.24 Å². The molecule has 1 atom stereocenters. The van der Waals surface area contributed by atoms with Crippen molar-refractivity contribution < 1.29 is 17.6 Å². The molecule has 5 heteroatoms. The minimum Gasteiger partial charge on any atom is -0.206 e. The van der Waals surface area contributed by atoms with Crippen molar-refractivity contribution >= 4 is 14.5 Å². The van der Waals surface area contributed by atoms with Gasteiger partial charge in [0.2, 0.25) is 0 Å². The van der Waals surface area contributed by atoms with E-state index < -0.39 is 23.3 Å². The van der Waals surface area contributed by atoms with Gasteiger partial charge < -0.3 is 0 Å². The molecular weight excluding hydrogens is 347 g/mol. The lowest BCUT2D eigenvalue weighted by Crippen LogP contribution is -2.13. The van der Waals surface area contributed by atoms with Gasteiger partial charge in [-0.3, -0.25) is 0 Å². The lowest BCUT2D eigenvalue weighted by molar-refractivity contribution is 0.318. The Hall–Kier alpha value is -1.41. The van der Waals surface area contributed by atoms with Crippen LogP contribution < -0.4 is 5.30 Å². The molecule has 1 fully saturated rings. The molecule has 1 aliphatic carbocycles. The van der Waals surface area contributed by atoms with Crippen molar-refractivity contribution in [3.8, 4) is 11.1 Å². The van der Waals surface area contributed by atoms with E-state index in [9.17, 15) is 17.6 Å². The molecule has 0 N–H and O–H groups in total. The Morgan fingerprint density at radius 1 is 0.880 bits per heavy atom. The van der Waals surface area contributed by atoms with Crippen LogP contribution in [0.25, 0.3) is 11.1 Å². The molecule has 0 saturated heterocycles. The number of hydrogen-bond acceptors (Lipinski definition) is 0. The maximum Gasteiger partial charge on any atom is 0.165 e. The second-order valence-electron chi connectivity index (χ2n) is 6.85. The lowest BCUT2D eigenvalue weighted by atomic mass is 9.77. The standard InChI is InChI=1S/C20H21F4P/c1-2-11-3-5-12(6-4-11)13-7-15(21)19(16(22)8-13)14-9-17(23)20(24)18(25)10-14/h7-12H,2-6,25H2,1H3. The zero-order valence-electron chi connectivity index (χ0n) is 14.1. The van der Waals surface area contributed by atoms with Crippen molar-refractivity contribution in [3.63, 3.8) is 0 Å². The van der Waals surface area contributed by atoms with Gasteiger partial charge >= 0.3 is 0 Å². The SMILES string of the molecule is CCC1CCC(c2cc(F)c(-c3cc(F)c(F)c(P)c3)c(F)c2)CC1. The summed E-state index contributed by atoms with van der Waals surface area (Å²) in [6, 6.07) is 4.76. The highest BCUT2D eigenvalue weighted by Crippen LogP contribution is 2.39. The van der Waals surface area contributed by atoms with Crippen molar-refractivity contribution in [1.82, 2.24) is 0 Å². The third-order valence-corrected chi connectivity index (χ3v) is 5.73. The zero-order valence-corrected chi connectivity index (χ0v) is 15.2. The molecule has 0 bridgehead atoms. The monoisotopic (exact) mass is 368 g/mol. The Morgan fingerprint density at radius 2 is 1.48 bits per heavy atom. The first-order valence-electron chi connectivity index (χ1n) is 8.64. The van der Waals surface area contributed by atoms with E-state index in [1.54, 1.807) is 0 Å². The van der Waals surface area contributed by atoms with E-state index in [4.69, 9.17) is 0 Å². The van der Waals surface area contributed by atoms with Crippen LogP contribution in [0.15, 0.2) is 24.3 Å². The van der Waals surface area contributed by atoms with Gasteiger partial charge in [-0.25, -0.2) is 17.6 Å². The van der Waals surface area contributed by atoms with Crippen LogP contribution in [0, 0.1) is 29.2 Å². The first kappa shape index (κ1) is 18.4. The molecule has 1 aliphatic rings. The topological polar surface area (TPSA) is 0 Å². The average Bonchev–Trinajstić information content (AvgIpc) is 2.59. The summed E-state index contributed by atoms with van der Waals surface area (Å²) in [7, 11) is 2.04. The molecule has 2 aromatic rings. The fourth-order valence-corrected chi connectivity index (χ4v) is 4.08. The van der Waals surface area contributed by atoms with Gasteiger partial charge in [0.15, 0.2) is 11.6 Å². The Balaban J connectivity index is 1.94. The molecule has 0 amide bonds. The molecular formula is C20H21F4P. The fraction of sp³-hybridized carbons (Fsp3) is 0.400. The van der Waals surface area contributed by atoms with Crippen molar-refractivity contribution in [2.24, 2.45) is 5.92 Å². The second kappa shape index (κ2) is 7.45. The zero-order chi connectivity index (χ0) is 18.1. The largest absolute Gasteiger partial charge is 0.206 e. The molecule has 0 aliphatic heterocycles. The summed E-state index contributed by atoms with van der Waals surface area (Å²) < 4.78 is 56.2. The van der Waals surface area contributed by atoms with E-state index in [2.05, 4.69) is 6.92 Å². The predicted octanol–water partition coefficient (Wildman–Crippen LogP) is 6.09. The minimum absolute atomic E-state index is 0.000131. The summed E-state index contributed by atoms with van der Waals surface area (Å²) in [5.74, 6) is -2.76. The van der Waals surface area contributed by atoms with Crippen LogP contribution >= 0.6 is 9.24 Å². The molecule has 0 radical (unpaired) electrons. The van der Waals surface area contributed by atoms with E-state index >= 15 is 0 Å². The first-order valence-corrected chi connectivity index (χ1v) is 9.22. The molecule has 3 rings (SSSR count). The molecule has 0 nitrogen and oxygen atoms in total. The summed E-state index contributed by atoms with van der Waals surface area (Å²) in [6.45, 7) is 2.17.